The molecule has 0 spiro atoms. The number of nitrogens with two attached hydrogens (primary N) is 1. The SMILES string of the molecule is Cc1cccc(-c2ccc(CC3(C(N)=O)CCN(C(=O)Cc4cccc(F)c4)CC3)cc2)c1. The first kappa shape index (κ1) is 22.7. The van der Waals surface area contributed by atoms with Gasteiger partial charge in [-0.2, -0.15) is 0 Å². The van der Waals surface area contributed by atoms with E-state index in [1.165, 1.54) is 17.7 Å². The molecule has 0 aliphatic carbocycles. The third kappa shape index (κ3) is 5.30. The van der Waals surface area contributed by atoms with Gasteiger partial charge in [0.1, 0.15) is 5.82 Å². The van der Waals surface area contributed by atoms with E-state index < -0.39 is 5.41 Å². The lowest BCUT2D eigenvalue weighted by Crippen LogP contribution is -2.50. The highest BCUT2D eigenvalue weighted by atomic mass is 19.1. The maximum atomic E-state index is 13.4. The van der Waals surface area contributed by atoms with Crippen LogP contribution in [0.1, 0.15) is 29.5 Å². The molecule has 1 fully saturated rings. The molecule has 1 aliphatic rings. The molecule has 170 valence electrons. The highest BCUT2D eigenvalue weighted by Crippen LogP contribution is 2.36. The number of carbonyl (C=O) groups excluding carboxylic acids is 2. The summed E-state index contributed by atoms with van der Waals surface area (Å²) in [6.45, 7) is 3.01. The molecular formula is C28H29FN2O2. The summed E-state index contributed by atoms with van der Waals surface area (Å²) in [5.41, 5.74) is 10.4. The summed E-state index contributed by atoms with van der Waals surface area (Å²) in [7, 11) is 0. The van der Waals surface area contributed by atoms with E-state index in [0.717, 1.165) is 16.7 Å². The number of carbonyl (C=O) groups is 2. The third-order valence-electron chi connectivity index (χ3n) is 6.69. The molecule has 0 radical (unpaired) electrons. The topological polar surface area (TPSA) is 63.4 Å². The van der Waals surface area contributed by atoms with Crippen LogP contribution in [0, 0.1) is 18.2 Å². The van der Waals surface area contributed by atoms with Crippen LogP contribution in [0.25, 0.3) is 11.1 Å². The Bertz CT molecular complexity index is 1150. The summed E-state index contributed by atoms with van der Waals surface area (Å²) in [5.74, 6) is -0.719. The molecular weight excluding hydrogens is 415 g/mol. The zero-order chi connectivity index (χ0) is 23.4. The Morgan fingerprint density at radius 3 is 2.24 bits per heavy atom. The standard InChI is InChI=1S/C28H29FN2O2/c1-20-4-2-6-24(16-20)23-10-8-21(9-11-23)19-28(27(30)33)12-14-31(15-13-28)26(32)18-22-5-3-7-25(29)17-22/h2-11,16-17H,12-15,18-19H2,1H3,(H2,30,33). The first-order chi connectivity index (χ1) is 15.8. The van der Waals surface area contributed by atoms with Crippen LogP contribution in [-0.2, 0) is 22.4 Å². The first-order valence-corrected chi connectivity index (χ1v) is 11.3. The molecule has 0 saturated carbocycles. The van der Waals surface area contributed by atoms with E-state index in [-0.39, 0.29) is 24.1 Å². The lowest BCUT2D eigenvalue weighted by molar-refractivity contribution is -0.138. The van der Waals surface area contributed by atoms with Crippen molar-refractivity contribution in [2.45, 2.75) is 32.6 Å². The van der Waals surface area contributed by atoms with Crippen LogP contribution in [0.15, 0.2) is 72.8 Å². The maximum absolute atomic E-state index is 13.4. The molecule has 0 aromatic heterocycles. The van der Waals surface area contributed by atoms with Crippen molar-refractivity contribution in [1.82, 2.24) is 4.90 Å². The Kier molecular flexibility index (Phi) is 6.59. The Balaban J connectivity index is 1.41. The molecule has 2 amide bonds. The number of halogens is 1. The summed E-state index contributed by atoms with van der Waals surface area (Å²) < 4.78 is 13.4. The van der Waals surface area contributed by atoms with E-state index >= 15 is 0 Å². The predicted octanol–water partition coefficient (Wildman–Crippen LogP) is 4.68. The Morgan fingerprint density at radius 1 is 0.909 bits per heavy atom. The first-order valence-electron chi connectivity index (χ1n) is 11.3. The molecule has 1 aliphatic heterocycles. The molecule has 0 bridgehead atoms. The molecule has 33 heavy (non-hydrogen) atoms. The average molecular weight is 445 g/mol. The molecule has 1 saturated heterocycles. The van der Waals surface area contributed by atoms with Gasteiger partial charge >= 0.3 is 0 Å². The highest BCUT2D eigenvalue weighted by molar-refractivity contribution is 5.83. The van der Waals surface area contributed by atoms with E-state index in [1.54, 1.807) is 17.0 Å². The van der Waals surface area contributed by atoms with Crippen molar-refractivity contribution in [1.29, 1.82) is 0 Å². The smallest absolute Gasteiger partial charge is 0.226 e. The van der Waals surface area contributed by atoms with Gasteiger partial charge in [-0.05, 0) is 60.6 Å². The summed E-state index contributed by atoms with van der Waals surface area (Å²) in [6.07, 6.45) is 1.76. The van der Waals surface area contributed by atoms with Gasteiger partial charge < -0.3 is 10.6 Å². The largest absolute Gasteiger partial charge is 0.369 e. The van der Waals surface area contributed by atoms with Crippen molar-refractivity contribution >= 4 is 11.8 Å². The van der Waals surface area contributed by atoms with Crippen LogP contribution < -0.4 is 5.73 Å². The van der Waals surface area contributed by atoms with E-state index in [4.69, 9.17) is 5.73 Å². The van der Waals surface area contributed by atoms with Gasteiger partial charge in [0.2, 0.25) is 11.8 Å². The summed E-state index contributed by atoms with van der Waals surface area (Å²) in [5, 5.41) is 0. The molecule has 2 N–H and O–H groups in total. The van der Waals surface area contributed by atoms with Gasteiger partial charge in [-0.15, -0.1) is 0 Å². The molecule has 0 atom stereocenters. The van der Waals surface area contributed by atoms with Gasteiger partial charge in [0.25, 0.3) is 0 Å². The fourth-order valence-corrected chi connectivity index (χ4v) is 4.66. The second-order valence-electron chi connectivity index (χ2n) is 9.08. The van der Waals surface area contributed by atoms with Crippen LogP contribution in [0.3, 0.4) is 0 Å². The van der Waals surface area contributed by atoms with E-state index in [0.29, 0.717) is 37.9 Å². The normalized spacial score (nSPS) is 15.3. The number of hydrogen-bond acceptors (Lipinski definition) is 2. The van der Waals surface area contributed by atoms with Gasteiger partial charge in [0, 0.05) is 13.1 Å². The highest BCUT2D eigenvalue weighted by Gasteiger charge is 2.40. The number of primary amides is 1. The number of nitrogens with zero attached hydrogens (tertiary/aromatic N) is 1. The van der Waals surface area contributed by atoms with Crippen LogP contribution in [-0.4, -0.2) is 29.8 Å². The van der Waals surface area contributed by atoms with Crippen LogP contribution in [0.2, 0.25) is 0 Å². The number of rotatable bonds is 6. The van der Waals surface area contributed by atoms with Crippen molar-refractivity contribution in [3.63, 3.8) is 0 Å². The Morgan fingerprint density at radius 2 is 1.61 bits per heavy atom. The molecule has 4 rings (SSSR count). The van der Waals surface area contributed by atoms with Gasteiger partial charge in [-0.3, -0.25) is 9.59 Å². The number of amides is 2. The molecule has 3 aromatic carbocycles. The van der Waals surface area contributed by atoms with Crippen LogP contribution in [0.4, 0.5) is 4.39 Å². The Hall–Kier alpha value is -3.47. The monoisotopic (exact) mass is 444 g/mol. The van der Waals surface area contributed by atoms with Crippen LogP contribution >= 0.6 is 0 Å². The lowest BCUT2D eigenvalue weighted by Gasteiger charge is -2.40. The predicted molar refractivity (Wildman–Crippen MR) is 128 cm³/mol. The summed E-state index contributed by atoms with van der Waals surface area (Å²) in [4.78, 5) is 26.9. The quantitative estimate of drug-likeness (QED) is 0.600. The fraction of sp³-hybridized carbons (Fsp3) is 0.286. The average Bonchev–Trinajstić information content (AvgIpc) is 2.80. The van der Waals surface area contributed by atoms with E-state index in [1.807, 2.05) is 6.07 Å². The molecule has 3 aromatic rings. The molecule has 1 heterocycles. The second-order valence-corrected chi connectivity index (χ2v) is 9.08. The molecule has 0 unspecified atom stereocenters. The Labute approximate surface area is 194 Å². The summed E-state index contributed by atoms with van der Waals surface area (Å²) in [6, 6.07) is 22.7. The van der Waals surface area contributed by atoms with Crippen molar-refractivity contribution < 1.29 is 14.0 Å². The third-order valence-corrected chi connectivity index (χ3v) is 6.69. The van der Waals surface area contributed by atoms with E-state index in [9.17, 15) is 14.0 Å². The summed E-state index contributed by atoms with van der Waals surface area (Å²) >= 11 is 0. The van der Waals surface area contributed by atoms with Crippen molar-refractivity contribution in [3.05, 3.63) is 95.3 Å². The number of likely N-dealkylation sites (tertiary alicyclic amines) is 1. The van der Waals surface area contributed by atoms with Gasteiger partial charge in [-0.1, -0.05) is 66.2 Å². The van der Waals surface area contributed by atoms with E-state index in [2.05, 4.69) is 49.4 Å². The fourth-order valence-electron chi connectivity index (χ4n) is 4.66. The number of benzene rings is 3. The van der Waals surface area contributed by atoms with Crippen molar-refractivity contribution in [3.8, 4) is 11.1 Å². The zero-order valence-electron chi connectivity index (χ0n) is 18.9. The number of piperidine rings is 1. The van der Waals surface area contributed by atoms with Crippen molar-refractivity contribution in [2.24, 2.45) is 11.1 Å². The van der Waals surface area contributed by atoms with Gasteiger partial charge in [0.05, 0.1) is 11.8 Å². The minimum atomic E-state index is -0.666. The minimum Gasteiger partial charge on any atom is -0.369 e. The number of aryl methyl sites for hydroxylation is 1. The maximum Gasteiger partial charge on any atom is 0.226 e. The van der Waals surface area contributed by atoms with Gasteiger partial charge in [-0.25, -0.2) is 4.39 Å². The van der Waals surface area contributed by atoms with Gasteiger partial charge in [0.15, 0.2) is 0 Å². The molecule has 5 heteroatoms. The second kappa shape index (κ2) is 9.57. The van der Waals surface area contributed by atoms with Crippen molar-refractivity contribution in [2.75, 3.05) is 13.1 Å². The molecule has 4 nitrogen and oxygen atoms in total. The number of hydrogen-bond donors (Lipinski definition) is 1. The lowest BCUT2D eigenvalue weighted by atomic mass is 9.73. The minimum absolute atomic E-state index is 0.0545. The zero-order valence-corrected chi connectivity index (χ0v) is 18.9. The van der Waals surface area contributed by atoms with Crippen LogP contribution in [0.5, 0.6) is 0 Å².